The fraction of sp³-hybridized carbons (Fsp3) is 0.192. The van der Waals surface area contributed by atoms with Crippen LogP contribution in [-0.2, 0) is 18.3 Å². The second-order valence-electron chi connectivity index (χ2n) is 8.00. The molecular formula is C26H26FN5O. The Balaban J connectivity index is 1.46. The summed E-state index contributed by atoms with van der Waals surface area (Å²) in [5, 5.41) is 10.3. The van der Waals surface area contributed by atoms with Crippen LogP contribution in [-0.4, -0.2) is 27.2 Å². The Morgan fingerprint density at radius 3 is 2.55 bits per heavy atom. The van der Waals surface area contributed by atoms with Crippen LogP contribution >= 0.6 is 0 Å². The highest BCUT2D eigenvalue weighted by atomic mass is 19.1. The monoisotopic (exact) mass is 443 g/mol. The van der Waals surface area contributed by atoms with Crippen LogP contribution in [0.1, 0.15) is 22.7 Å². The second-order valence-corrected chi connectivity index (χ2v) is 8.00. The molecule has 168 valence electrons. The summed E-state index contributed by atoms with van der Waals surface area (Å²) in [6.45, 7) is 2.61. The summed E-state index contributed by atoms with van der Waals surface area (Å²) in [5.41, 5.74) is 4.77. The predicted molar refractivity (Wildman–Crippen MR) is 127 cm³/mol. The number of benzene rings is 2. The van der Waals surface area contributed by atoms with E-state index in [9.17, 15) is 9.18 Å². The molecule has 0 saturated heterocycles. The first-order valence-corrected chi connectivity index (χ1v) is 10.8. The SMILES string of the molecule is Cc1ccc(CCN[C@H](C(=O)Nc2ccc(-c3cnn(C)c3)cn2)c2cccc(F)c2)cc1. The zero-order chi connectivity index (χ0) is 23.2. The minimum Gasteiger partial charge on any atom is -0.309 e. The highest BCUT2D eigenvalue weighted by Crippen LogP contribution is 2.20. The van der Waals surface area contributed by atoms with Crippen molar-refractivity contribution in [3.05, 3.63) is 102 Å². The van der Waals surface area contributed by atoms with E-state index in [2.05, 4.69) is 45.0 Å². The van der Waals surface area contributed by atoms with Crippen LogP contribution in [0.3, 0.4) is 0 Å². The van der Waals surface area contributed by atoms with Gasteiger partial charge in [-0.05, 0) is 48.7 Å². The number of hydrogen-bond donors (Lipinski definition) is 2. The van der Waals surface area contributed by atoms with Crippen LogP contribution in [0.2, 0.25) is 0 Å². The highest BCUT2D eigenvalue weighted by molar-refractivity contribution is 5.95. The lowest BCUT2D eigenvalue weighted by atomic mass is 10.0. The Bertz CT molecular complexity index is 1220. The maximum atomic E-state index is 13.9. The van der Waals surface area contributed by atoms with Crippen molar-refractivity contribution in [2.24, 2.45) is 7.05 Å². The molecule has 2 aromatic carbocycles. The van der Waals surface area contributed by atoms with Gasteiger partial charge in [-0.2, -0.15) is 5.10 Å². The lowest BCUT2D eigenvalue weighted by Gasteiger charge is -2.19. The summed E-state index contributed by atoms with van der Waals surface area (Å²) in [4.78, 5) is 17.5. The number of amides is 1. The van der Waals surface area contributed by atoms with Crippen molar-refractivity contribution in [1.29, 1.82) is 0 Å². The Morgan fingerprint density at radius 1 is 1.06 bits per heavy atom. The number of carbonyl (C=O) groups is 1. The number of anilines is 1. The van der Waals surface area contributed by atoms with Crippen LogP contribution in [0.5, 0.6) is 0 Å². The molecule has 0 saturated carbocycles. The largest absolute Gasteiger partial charge is 0.309 e. The fourth-order valence-corrected chi connectivity index (χ4v) is 3.57. The van der Waals surface area contributed by atoms with E-state index in [1.165, 1.54) is 23.3 Å². The zero-order valence-electron chi connectivity index (χ0n) is 18.6. The summed E-state index contributed by atoms with van der Waals surface area (Å²) in [6, 6.07) is 17.3. The molecule has 2 heterocycles. The normalized spacial score (nSPS) is 11.8. The van der Waals surface area contributed by atoms with E-state index in [1.54, 1.807) is 35.3 Å². The summed E-state index contributed by atoms with van der Waals surface area (Å²) < 4.78 is 15.6. The summed E-state index contributed by atoms with van der Waals surface area (Å²) in [5.74, 6) is -0.259. The van der Waals surface area contributed by atoms with Gasteiger partial charge in [0.1, 0.15) is 17.7 Å². The van der Waals surface area contributed by atoms with Gasteiger partial charge in [-0.25, -0.2) is 9.37 Å². The molecule has 0 aliphatic heterocycles. The van der Waals surface area contributed by atoms with Gasteiger partial charge in [0, 0.05) is 37.1 Å². The second kappa shape index (κ2) is 10.2. The number of hydrogen-bond acceptors (Lipinski definition) is 4. The topological polar surface area (TPSA) is 71.8 Å². The maximum absolute atomic E-state index is 13.9. The van der Waals surface area contributed by atoms with Gasteiger partial charge in [0.05, 0.1) is 6.20 Å². The number of aryl methyl sites for hydroxylation is 2. The molecular weight excluding hydrogens is 417 g/mol. The smallest absolute Gasteiger partial charge is 0.247 e. The number of nitrogens with one attached hydrogen (secondary N) is 2. The van der Waals surface area contributed by atoms with Crippen molar-refractivity contribution in [2.75, 3.05) is 11.9 Å². The van der Waals surface area contributed by atoms with E-state index in [0.29, 0.717) is 17.9 Å². The van der Waals surface area contributed by atoms with Crippen LogP contribution < -0.4 is 10.6 Å². The van der Waals surface area contributed by atoms with Gasteiger partial charge in [0.15, 0.2) is 0 Å². The van der Waals surface area contributed by atoms with Crippen molar-refractivity contribution >= 4 is 11.7 Å². The minimum absolute atomic E-state index is 0.300. The van der Waals surface area contributed by atoms with Gasteiger partial charge < -0.3 is 10.6 Å². The number of halogens is 1. The van der Waals surface area contributed by atoms with Gasteiger partial charge in [-0.15, -0.1) is 0 Å². The lowest BCUT2D eigenvalue weighted by Crippen LogP contribution is -2.34. The fourth-order valence-electron chi connectivity index (χ4n) is 3.57. The predicted octanol–water partition coefficient (Wildman–Crippen LogP) is 4.44. The third-order valence-electron chi connectivity index (χ3n) is 5.38. The molecule has 2 aromatic heterocycles. The third-order valence-corrected chi connectivity index (χ3v) is 5.38. The molecule has 33 heavy (non-hydrogen) atoms. The molecule has 0 radical (unpaired) electrons. The molecule has 4 aromatic rings. The first-order valence-electron chi connectivity index (χ1n) is 10.8. The van der Waals surface area contributed by atoms with Gasteiger partial charge in [0.2, 0.25) is 5.91 Å². The molecule has 4 rings (SSSR count). The summed E-state index contributed by atoms with van der Waals surface area (Å²) in [7, 11) is 1.85. The molecule has 6 nitrogen and oxygen atoms in total. The van der Waals surface area contributed by atoms with Crippen molar-refractivity contribution in [1.82, 2.24) is 20.1 Å². The standard InChI is InChI=1S/C26H26FN5O/c1-18-6-8-19(9-7-18)12-13-28-25(20-4-3-5-23(27)14-20)26(33)31-24-11-10-21(15-29-24)22-16-30-32(2)17-22/h3-11,14-17,25,28H,12-13H2,1-2H3,(H,29,31,33)/t25-/m0/s1. The number of carbonyl (C=O) groups excluding carboxylic acids is 1. The number of pyridine rings is 1. The van der Waals surface area contributed by atoms with Gasteiger partial charge in [0.25, 0.3) is 0 Å². The van der Waals surface area contributed by atoms with E-state index >= 15 is 0 Å². The molecule has 0 spiro atoms. The Morgan fingerprint density at radius 2 is 1.88 bits per heavy atom. The average Bonchev–Trinajstić information content (AvgIpc) is 3.24. The van der Waals surface area contributed by atoms with E-state index < -0.39 is 6.04 Å². The lowest BCUT2D eigenvalue weighted by molar-refractivity contribution is -0.118. The van der Waals surface area contributed by atoms with Crippen molar-refractivity contribution in [3.8, 4) is 11.1 Å². The van der Waals surface area contributed by atoms with Gasteiger partial charge in [-0.1, -0.05) is 42.0 Å². The molecule has 0 bridgehead atoms. The van der Waals surface area contributed by atoms with Crippen LogP contribution in [0.15, 0.2) is 79.3 Å². The highest BCUT2D eigenvalue weighted by Gasteiger charge is 2.21. The summed E-state index contributed by atoms with van der Waals surface area (Å²) in [6.07, 6.45) is 6.09. The molecule has 0 aliphatic carbocycles. The van der Waals surface area contributed by atoms with E-state index in [4.69, 9.17) is 0 Å². The molecule has 0 aliphatic rings. The maximum Gasteiger partial charge on any atom is 0.247 e. The quantitative estimate of drug-likeness (QED) is 0.422. The molecule has 1 atom stereocenters. The number of rotatable bonds is 8. The Hall–Kier alpha value is -3.84. The van der Waals surface area contributed by atoms with E-state index in [0.717, 1.165) is 17.5 Å². The third kappa shape index (κ3) is 5.90. The van der Waals surface area contributed by atoms with Crippen LogP contribution in [0, 0.1) is 12.7 Å². The minimum atomic E-state index is -0.717. The van der Waals surface area contributed by atoms with Gasteiger partial charge in [-0.3, -0.25) is 9.48 Å². The molecule has 2 N–H and O–H groups in total. The number of aromatic nitrogens is 3. The van der Waals surface area contributed by atoms with Crippen LogP contribution in [0.4, 0.5) is 10.2 Å². The molecule has 1 amide bonds. The van der Waals surface area contributed by atoms with E-state index in [-0.39, 0.29) is 11.7 Å². The molecule has 7 heteroatoms. The molecule has 0 fully saturated rings. The van der Waals surface area contributed by atoms with Crippen LogP contribution in [0.25, 0.3) is 11.1 Å². The van der Waals surface area contributed by atoms with Crippen molar-refractivity contribution < 1.29 is 9.18 Å². The van der Waals surface area contributed by atoms with Crippen molar-refractivity contribution in [2.45, 2.75) is 19.4 Å². The Labute approximate surface area is 192 Å². The average molecular weight is 444 g/mol. The van der Waals surface area contributed by atoms with Crippen molar-refractivity contribution in [3.63, 3.8) is 0 Å². The molecule has 0 unspecified atom stereocenters. The zero-order valence-corrected chi connectivity index (χ0v) is 18.6. The first-order chi connectivity index (χ1) is 16.0. The van der Waals surface area contributed by atoms with E-state index in [1.807, 2.05) is 26.2 Å². The number of nitrogens with zero attached hydrogens (tertiary/aromatic N) is 3. The Kier molecular flexibility index (Phi) is 6.90. The summed E-state index contributed by atoms with van der Waals surface area (Å²) >= 11 is 0. The first kappa shape index (κ1) is 22.4. The van der Waals surface area contributed by atoms with Gasteiger partial charge >= 0.3 is 0 Å².